The molecule has 0 unspecified atom stereocenters. The number of carbonyl (C=O) groups excluding carboxylic acids is 1. The highest BCUT2D eigenvalue weighted by molar-refractivity contribution is 7.94. The lowest BCUT2D eigenvalue weighted by Crippen LogP contribution is -2.12. The third-order valence-corrected chi connectivity index (χ3v) is 5.59. The number of ether oxygens (including phenoxy) is 1. The summed E-state index contributed by atoms with van der Waals surface area (Å²) in [4.78, 5) is 11.0. The summed E-state index contributed by atoms with van der Waals surface area (Å²) < 4.78 is 32.5. The van der Waals surface area contributed by atoms with E-state index in [1.807, 2.05) is 30.3 Å². The Bertz CT molecular complexity index is 1000. The third-order valence-electron chi connectivity index (χ3n) is 3.00. The SMILES string of the molecule is CC(=O)Nc1nnc(S(=O)(=O)Nc2ccc(Oc3ccccc3)cc2)s1. The molecule has 3 aromatic rings. The van der Waals surface area contributed by atoms with Gasteiger partial charge in [-0.15, -0.1) is 10.2 Å². The molecule has 1 aromatic heterocycles. The van der Waals surface area contributed by atoms with Crippen molar-refractivity contribution in [3.63, 3.8) is 0 Å². The average molecular weight is 390 g/mol. The van der Waals surface area contributed by atoms with Crippen molar-refractivity contribution in [1.29, 1.82) is 0 Å². The van der Waals surface area contributed by atoms with Gasteiger partial charge in [0.25, 0.3) is 14.4 Å². The molecule has 26 heavy (non-hydrogen) atoms. The van der Waals surface area contributed by atoms with Gasteiger partial charge in [0.2, 0.25) is 11.0 Å². The average Bonchev–Trinajstić information content (AvgIpc) is 3.06. The highest BCUT2D eigenvalue weighted by Gasteiger charge is 2.20. The molecule has 1 amide bonds. The lowest BCUT2D eigenvalue weighted by Gasteiger charge is -2.08. The number of anilines is 2. The molecule has 0 aliphatic carbocycles. The van der Waals surface area contributed by atoms with E-state index in [1.165, 1.54) is 6.92 Å². The van der Waals surface area contributed by atoms with Gasteiger partial charge < -0.3 is 10.1 Å². The van der Waals surface area contributed by atoms with E-state index in [-0.39, 0.29) is 15.4 Å². The number of nitrogens with one attached hydrogen (secondary N) is 2. The molecule has 2 aromatic carbocycles. The molecule has 0 aliphatic heterocycles. The van der Waals surface area contributed by atoms with Gasteiger partial charge in [0.05, 0.1) is 0 Å². The minimum atomic E-state index is -3.90. The van der Waals surface area contributed by atoms with Crippen LogP contribution in [0, 0.1) is 0 Å². The molecular weight excluding hydrogens is 376 g/mol. The smallest absolute Gasteiger partial charge is 0.291 e. The van der Waals surface area contributed by atoms with Crippen molar-refractivity contribution in [1.82, 2.24) is 10.2 Å². The molecular formula is C16H14N4O4S2. The van der Waals surface area contributed by atoms with Crippen molar-refractivity contribution in [2.45, 2.75) is 11.3 Å². The fourth-order valence-corrected chi connectivity index (χ4v) is 3.94. The summed E-state index contributed by atoms with van der Waals surface area (Å²) in [6.45, 7) is 1.30. The van der Waals surface area contributed by atoms with Crippen LogP contribution in [0.15, 0.2) is 58.9 Å². The second-order valence-corrected chi connectivity index (χ2v) is 7.93. The Balaban J connectivity index is 1.69. The number of benzene rings is 2. The Morgan fingerprint density at radius 2 is 1.65 bits per heavy atom. The summed E-state index contributed by atoms with van der Waals surface area (Å²) in [6.07, 6.45) is 0. The molecule has 0 saturated heterocycles. The van der Waals surface area contributed by atoms with E-state index in [2.05, 4.69) is 20.2 Å². The number of nitrogens with zero attached hydrogens (tertiary/aromatic N) is 2. The molecule has 0 saturated carbocycles. The Morgan fingerprint density at radius 3 is 2.31 bits per heavy atom. The zero-order valence-corrected chi connectivity index (χ0v) is 15.2. The minimum absolute atomic E-state index is 0.115. The summed E-state index contributed by atoms with van der Waals surface area (Å²) in [7, 11) is -3.90. The second-order valence-electron chi connectivity index (χ2n) is 5.10. The number of rotatable bonds is 6. The fourth-order valence-electron chi connectivity index (χ4n) is 1.93. The van der Waals surface area contributed by atoms with Crippen molar-refractivity contribution in [2.75, 3.05) is 10.0 Å². The van der Waals surface area contributed by atoms with Gasteiger partial charge in [-0.05, 0) is 36.4 Å². The summed E-state index contributed by atoms with van der Waals surface area (Å²) >= 11 is 0.763. The van der Waals surface area contributed by atoms with E-state index in [0.717, 1.165) is 11.3 Å². The molecule has 1 heterocycles. The number of hydrogen-bond acceptors (Lipinski definition) is 7. The maximum Gasteiger partial charge on any atom is 0.291 e. The number of amides is 1. The van der Waals surface area contributed by atoms with Crippen molar-refractivity contribution in [3.05, 3.63) is 54.6 Å². The summed E-state index contributed by atoms with van der Waals surface area (Å²) in [6, 6.07) is 15.7. The van der Waals surface area contributed by atoms with Crippen molar-refractivity contribution in [3.8, 4) is 11.5 Å². The standard InChI is InChI=1S/C16H14N4O4S2/c1-11(21)17-15-18-19-16(25-15)26(22,23)20-12-7-9-14(10-8-12)24-13-5-3-2-4-6-13/h2-10,20H,1H3,(H,17,18,21). The van der Waals surface area contributed by atoms with E-state index in [1.54, 1.807) is 24.3 Å². The number of aromatic nitrogens is 2. The molecule has 2 N–H and O–H groups in total. The lowest BCUT2D eigenvalue weighted by atomic mass is 10.3. The lowest BCUT2D eigenvalue weighted by molar-refractivity contribution is -0.114. The Labute approximate surface area is 153 Å². The van der Waals surface area contributed by atoms with Gasteiger partial charge in [-0.2, -0.15) is 8.42 Å². The monoisotopic (exact) mass is 390 g/mol. The normalized spacial score (nSPS) is 11.0. The van der Waals surface area contributed by atoms with Gasteiger partial charge in [-0.25, -0.2) is 0 Å². The van der Waals surface area contributed by atoms with Crippen LogP contribution in [0.25, 0.3) is 0 Å². The van der Waals surface area contributed by atoms with Crippen LogP contribution in [-0.2, 0) is 14.8 Å². The van der Waals surface area contributed by atoms with Gasteiger partial charge in [-0.3, -0.25) is 9.52 Å². The predicted molar refractivity (Wildman–Crippen MR) is 98.0 cm³/mol. The van der Waals surface area contributed by atoms with E-state index in [4.69, 9.17) is 4.74 Å². The number of hydrogen-bond donors (Lipinski definition) is 2. The van der Waals surface area contributed by atoms with Crippen LogP contribution >= 0.6 is 11.3 Å². The Kier molecular flexibility index (Phi) is 5.14. The quantitative estimate of drug-likeness (QED) is 0.626. The maximum atomic E-state index is 12.3. The van der Waals surface area contributed by atoms with Crippen LogP contribution in [0.4, 0.5) is 10.8 Å². The van der Waals surface area contributed by atoms with Crippen LogP contribution in [0.5, 0.6) is 11.5 Å². The van der Waals surface area contributed by atoms with Gasteiger partial charge in [0, 0.05) is 12.6 Å². The highest BCUT2D eigenvalue weighted by Crippen LogP contribution is 2.25. The Hall–Kier alpha value is -2.98. The topological polar surface area (TPSA) is 110 Å². The minimum Gasteiger partial charge on any atom is -0.457 e. The molecule has 3 rings (SSSR count). The number of sulfonamides is 1. The molecule has 0 bridgehead atoms. The summed E-state index contributed by atoms with van der Waals surface area (Å²) in [5.41, 5.74) is 0.349. The van der Waals surface area contributed by atoms with Gasteiger partial charge >= 0.3 is 0 Å². The van der Waals surface area contributed by atoms with Gasteiger partial charge in [0.15, 0.2) is 0 Å². The van der Waals surface area contributed by atoms with Crippen molar-refractivity contribution >= 4 is 38.1 Å². The summed E-state index contributed by atoms with van der Waals surface area (Å²) in [5.74, 6) is 0.898. The molecule has 0 atom stereocenters. The molecule has 0 aliphatic rings. The predicted octanol–water partition coefficient (Wildman–Crippen LogP) is 3.09. The second kappa shape index (κ2) is 7.50. The molecule has 0 fully saturated rings. The molecule has 134 valence electrons. The maximum absolute atomic E-state index is 12.3. The van der Waals surface area contributed by atoms with Crippen LogP contribution in [0.2, 0.25) is 0 Å². The highest BCUT2D eigenvalue weighted by atomic mass is 32.2. The van der Waals surface area contributed by atoms with Gasteiger partial charge in [-0.1, -0.05) is 29.5 Å². The van der Waals surface area contributed by atoms with Crippen molar-refractivity contribution < 1.29 is 17.9 Å². The first-order chi connectivity index (χ1) is 12.4. The molecule has 8 nitrogen and oxygen atoms in total. The fraction of sp³-hybridized carbons (Fsp3) is 0.0625. The van der Waals surface area contributed by atoms with Crippen LogP contribution in [0.1, 0.15) is 6.92 Å². The van der Waals surface area contributed by atoms with E-state index < -0.39 is 10.0 Å². The van der Waals surface area contributed by atoms with E-state index >= 15 is 0 Å². The van der Waals surface area contributed by atoms with Crippen LogP contribution < -0.4 is 14.8 Å². The van der Waals surface area contributed by atoms with Crippen LogP contribution in [-0.4, -0.2) is 24.5 Å². The zero-order valence-electron chi connectivity index (χ0n) is 13.5. The zero-order chi connectivity index (χ0) is 18.6. The number of carbonyl (C=O) groups is 1. The first kappa shape index (κ1) is 17.8. The summed E-state index contributed by atoms with van der Waals surface area (Å²) in [5, 5.41) is 9.72. The van der Waals surface area contributed by atoms with Crippen molar-refractivity contribution in [2.24, 2.45) is 0 Å². The van der Waals surface area contributed by atoms with Gasteiger partial charge in [0.1, 0.15) is 11.5 Å². The first-order valence-electron chi connectivity index (χ1n) is 7.39. The number of para-hydroxylation sites is 1. The Morgan fingerprint density at radius 1 is 1.00 bits per heavy atom. The van der Waals surface area contributed by atoms with Crippen LogP contribution in [0.3, 0.4) is 0 Å². The molecule has 0 spiro atoms. The first-order valence-corrected chi connectivity index (χ1v) is 9.69. The molecule has 10 heteroatoms. The van der Waals surface area contributed by atoms with E-state index in [9.17, 15) is 13.2 Å². The third kappa shape index (κ3) is 4.55. The molecule has 0 radical (unpaired) electrons. The largest absolute Gasteiger partial charge is 0.457 e. The van der Waals surface area contributed by atoms with E-state index in [0.29, 0.717) is 17.2 Å².